The summed E-state index contributed by atoms with van der Waals surface area (Å²) in [7, 11) is 0. The molecule has 1 heterocycles. The molecular formula is C14H19FN2O. The highest BCUT2D eigenvalue weighted by molar-refractivity contribution is 5.88. The number of halogens is 1. The normalized spacial score (nSPS) is 27.9. The average molecular weight is 250 g/mol. The quantitative estimate of drug-likeness (QED) is 0.893. The molecule has 3 nitrogen and oxygen atoms in total. The topological polar surface area (TPSA) is 32.3 Å². The Morgan fingerprint density at radius 3 is 2.72 bits per heavy atom. The van der Waals surface area contributed by atoms with Gasteiger partial charge in [0.25, 0.3) is 0 Å². The predicted molar refractivity (Wildman–Crippen MR) is 68.4 cm³/mol. The Morgan fingerprint density at radius 2 is 2.17 bits per heavy atom. The zero-order valence-electron chi connectivity index (χ0n) is 11.0. The van der Waals surface area contributed by atoms with Gasteiger partial charge in [0.2, 0.25) is 5.91 Å². The zero-order valence-corrected chi connectivity index (χ0v) is 11.0. The summed E-state index contributed by atoms with van der Waals surface area (Å²) in [5, 5.41) is 3.32. The third-order valence-corrected chi connectivity index (χ3v) is 3.71. The van der Waals surface area contributed by atoms with Crippen molar-refractivity contribution >= 4 is 5.91 Å². The van der Waals surface area contributed by atoms with Gasteiger partial charge in [0.15, 0.2) is 0 Å². The summed E-state index contributed by atoms with van der Waals surface area (Å²) in [6.45, 7) is 6.43. The standard InChI is InChI=1S/C14H19FN2O/c1-4-14(3)13(18)17(5-2)12(16-14)10-7-6-8-11(15)9-10/h6-9,12,16H,4-5H2,1-3H3. The second kappa shape index (κ2) is 4.69. The molecule has 0 aliphatic carbocycles. The van der Waals surface area contributed by atoms with Crippen molar-refractivity contribution < 1.29 is 9.18 Å². The highest BCUT2D eigenvalue weighted by Gasteiger charge is 2.46. The van der Waals surface area contributed by atoms with Crippen molar-refractivity contribution in [2.75, 3.05) is 6.54 Å². The van der Waals surface area contributed by atoms with E-state index in [1.165, 1.54) is 12.1 Å². The molecule has 1 aliphatic heterocycles. The Hall–Kier alpha value is -1.42. The van der Waals surface area contributed by atoms with Crippen LogP contribution in [0.5, 0.6) is 0 Å². The van der Waals surface area contributed by atoms with Gasteiger partial charge in [0.05, 0.1) is 5.54 Å². The van der Waals surface area contributed by atoms with Gasteiger partial charge in [-0.15, -0.1) is 0 Å². The first-order chi connectivity index (χ1) is 8.51. The van der Waals surface area contributed by atoms with Gasteiger partial charge in [-0.3, -0.25) is 10.1 Å². The maximum Gasteiger partial charge on any atom is 0.244 e. The van der Waals surface area contributed by atoms with E-state index in [-0.39, 0.29) is 17.9 Å². The molecule has 1 amide bonds. The molecule has 1 N–H and O–H groups in total. The lowest BCUT2D eigenvalue weighted by Crippen LogP contribution is -2.43. The number of carbonyl (C=O) groups excluding carboxylic acids is 1. The number of carbonyl (C=O) groups is 1. The van der Waals surface area contributed by atoms with Crippen molar-refractivity contribution in [2.45, 2.75) is 38.9 Å². The first-order valence-corrected chi connectivity index (χ1v) is 6.36. The Bertz CT molecular complexity index is 463. The summed E-state index contributed by atoms with van der Waals surface area (Å²) in [6.07, 6.45) is 0.483. The van der Waals surface area contributed by atoms with Crippen LogP contribution in [0.3, 0.4) is 0 Å². The molecule has 1 aromatic carbocycles. The van der Waals surface area contributed by atoms with E-state index in [0.29, 0.717) is 13.0 Å². The van der Waals surface area contributed by atoms with E-state index in [1.54, 1.807) is 11.0 Å². The van der Waals surface area contributed by atoms with Crippen LogP contribution in [-0.4, -0.2) is 22.9 Å². The van der Waals surface area contributed by atoms with E-state index in [9.17, 15) is 9.18 Å². The van der Waals surface area contributed by atoms with Gasteiger partial charge in [-0.25, -0.2) is 4.39 Å². The molecule has 0 bridgehead atoms. The third-order valence-electron chi connectivity index (χ3n) is 3.71. The van der Waals surface area contributed by atoms with Gasteiger partial charge in [-0.05, 0) is 38.0 Å². The fourth-order valence-corrected chi connectivity index (χ4v) is 2.40. The molecule has 2 rings (SSSR count). The Morgan fingerprint density at radius 1 is 1.44 bits per heavy atom. The van der Waals surface area contributed by atoms with Crippen molar-refractivity contribution in [1.82, 2.24) is 10.2 Å². The molecule has 1 fully saturated rings. The van der Waals surface area contributed by atoms with E-state index in [2.05, 4.69) is 5.32 Å². The number of nitrogens with zero attached hydrogens (tertiary/aromatic N) is 1. The molecular weight excluding hydrogens is 231 g/mol. The number of likely N-dealkylation sites (N-methyl/N-ethyl adjacent to an activating group) is 1. The van der Waals surface area contributed by atoms with Gasteiger partial charge in [-0.1, -0.05) is 19.1 Å². The second-order valence-electron chi connectivity index (χ2n) is 4.88. The van der Waals surface area contributed by atoms with Crippen LogP contribution in [0, 0.1) is 5.82 Å². The number of hydrogen-bond acceptors (Lipinski definition) is 2. The van der Waals surface area contributed by atoms with Crippen LogP contribution in [0.25, 0.3) is 0 Å². The lowest BCUT2D eigenvalue weighted by atomic mass is 9.99. The first-order valence-electron chi connectivity index (χ1n) is 6.36. The van der Waals surface area contributed by atoms with Crippen LogP contribution in [0.15, 0.2) is 24.3 Å². The first kappa shape index (κ1) is 13.0. The molecule has 98 valence electrons. The Kier molecular flexibility index (Phi) is 3.39. The minimum atomic E-state index is -0.549. The largest absolute Gasteiger partial charge is 0.322 e. The molecule has 4 heteroatoms. The van der Waals surface area contributed by atoms with Crippen LogP contribution in [0.4, 0.5) is 4.39 Å². The van der Waals surface area contributed by atoms with Crippen molar-refractivity contribution in [3.63, 3.8) is 0 Å². The lowest BCUT2D eigenvalue weighted by Gasteiger charge is -2.22. The number of nitrogens with one attached hydrogen (secondary N) is 1. The monoisotopic (exact) mass is 250 g/mol. The summed E-state index contributed by atoms with van der Waals surface area (Å²) >= 11 is 0. The maximum atomic E-state index is 13.3. The van der Waals surface area contributed by atoms with Gasteiger partial charge in [0.1, 0.15) is 12.0 Å². The second-order valence-corrected chi connectivity index (χ2v) is 4.88. The number of benzene rings is 1. The fraction of sp³-hybridized carbons (Fsp3) is 0.500. The summed E-state index contributed by atoms with van der Waals surface area (Å²) in [5.41, 5.74) is 0.245. The number of rotatable bonds is 3. The minimum Gasteiger partial charge on any atom is -0.322 e. The zero-order chi connectivity index (χ0) is 13.3. The SMILES string of the molecule is CCN1C(=O)C(C)(CC)NC1c1cccc(F)c1. The van der Waals surface area contributed by atoms with Crippen molar-refractivity contribution in [3.8, 4) is 0 Å². The van der Waals surface area contributed by atoms with Gasteiger partial charge in [0, 0.05) is 6.54 Å². The Balaban J connectivity index is 2.36. The summed E-state index contributed by atoms with van der Waals surface area (Å²) in [4.78, 5) is 14.1. The molecule has 2 atom stereocenters. The highest BCUT2D eigenvalue weighted by Crippen LogP contribution is 2.32. The van der Waals surface area contributed by atoms with Gasteiger partial charge < -0.3 is 4.90 Å². The minimum absolute atomic E-state index is 0.0850. The van der Waals surface area contributed by atoms with Crippen LogP contribution >= 0.6 is 0 Å². The fourth-order valence-electron chi connectivity index (χ4n) is 2.40. The van der Waals surface area contributed by atoms with E-state index >= 15 is 0 Å². The molecule has 0 radical (unpaired) electrons. The highest BCUT2D eigenvalue weighted by atomic mass is 19.1. The summed E-state index contributed by atoms with van der Waals surface area (Å²) < 4.78 is 13.3. The third kappa shape index (κ3) is 2.01. The summed E-state index contributed by atoms with van der Waals surface area (Å²) in [6, 6.07) is 6.41. The average Bonchev–Trinajstić information content (AvgIpc) is 2.63. The maximum absolute atomic E-state index is 13.3. The van der Waals surface area contributed by atoms with Crippen molar-refractivity contribution in [2.24, 2.45) is 0 Å². The van der Waals surface area contributed by atoms with Crippen LogP contribution in [-0.2, 0) is 4.79 Å². The molecule has 0 spiro atoms. The van der Waals surface area contributed by atoms with Crippen molar-refractivity contribution in [1.29, 1.82) is 0 Å². The van der Waals surface area contributed by atoms with Crippen LogP contribution in [0.2, 0.25) is 0 Å². The number of hydrogen-bond donors (Lipinski definition) is 1. The molecule has 1 saturated heterocycles. The molecule has 1 aromatic rings. The molecule has 1 aliphatic rings. The lowest BCUT2D eigenvalue weighted by molar-refractivity contribution is -0.132. The van der Waals surface area contributed by atoms with Gasteiger partial charge in [-0.2, -0.15) is 0 Å². The number of amides is 1. The predicted octanol–water partition coefficient (Wildman–Crippen LogP) is 2.44. The van der Waals surface area contributed by atoms with E-state index in [1.807, 2.05) is 26.8 Å². The van der Waals surface area contributed by atoms with E-state index < -0.39 is 5.54 Å². The van der Waals surface area contributed by atoms with E-state index in [0.717, 1.165) is 5.56 Å². The molecule has 0 aromatic heterocycles. The summed E-state index contributed by atoms with van der Waals surface area (Å²) in [5.74, 6) is -0.190. The molecule has 2 unspecified atom stereocenters. The molecule has 0 saturated carbocycles. The Labute approximate surface area is 107 Å². The molecule has 18 heavy (non-hydrogen) atoms. The van der Waals surface area contributed by atoms with Crippen molar-refractivity contribution in [3.05, 3.63) is 35.6 Å². The van der Waals surface area contributed by atoms with Crippen LogP contribution in [0.1, 0.15) is 38.9 Å². The van der Waals surface area contributed by atoms with Crippen LogP contribution < -0.4 is 5.32 Å². The van der Waals surface area contributed by atoms with Gasteiger partial charge >= 0.3 is 0 Å². The smallest absolute Gasteiger partial charge is 0.244 e. The van der Waals surface area contributed by atoms with E-state index in [4.69, 9.17) is 0 Å².